The predicted octanol–water partition coefficient (Wildman–Crippen LogP) is 4.26. The topological polar surface area (TPSA) is 69.5 Å². The van der Waals surface area contributed by atoms with E-state index in [1.54, 1.807) is 11.0 Å². The SMILES string of the molecule is CCCOc1ccc(C)c(N=C2NC(=O)N(C)C3=NCC(c4cc(F)c(F)c(F)c4)N23)c1. The zero-order valence-corrected chi connectivity index (χ0v) is 17.8. The number of guanidine groups is 2. The minimum absolute atomic E-state index is 0.108. The number of nitrogens with zero attached hydrogens (tertiary/aromatic N) is 4. The first kappa shape index (κ1) is 21.7. The number of carbonyl (C=O) groups is 1. The highest BCUT2D eigenvalue weighted by atomic mass is 19.2. The van der Waals surface area contributed by atoms with Gasteiger partial charge in [-0.1, -0.05) is 13.0 Å². The average molecular weight is 445 g/mol. The van der Waals surface area contributed by atoms with E-state index in [9.17, 15) is 18.0 Å². The number of hydrogen-bond donors (Lipinski definition) is 1. The number of benzene rings is 2. The molecule has 4 rings (SSSR count). The minimum Gasteiger partial charge on any atom is -0.494 e. The molecular weight excluding hydrogens is 423 g/mol. The monoisotopic (exact) mass is 445 g/mol. The van der Waals surface area contributed by atoms with Gasteiger partial charge in [-0.15, -0.1) is 0 Å². The van der Waals surface area contributed by atoms with E-state index in [-0.39, 0.29) is 24.0 Å². The van der Waals surface area contributed by atoms with E-state index in [1.807, 2.05) is 26.0 Å². The van der Waals surface area contributed by atoms with E-state index in [4.69, 9.17) is 4.74 Å². The van der Waals surface area contributed by atoms with Crippen molar-refractivity contribution in [3.63, 3.8) is 0 Å². The van der Waals surface area contributed by atoms with Gasteiger partial charge in [0.25, 0.3) is 0 Å². The molecule has 32 heavy (non-hydrogen) atoms. The summed E-state index contributed by atoms with van der Waals surface area (Å²) in [6, 6.07) is 6.16. The molecule has 1 unspecified atom stereocenters. The lowest BCUT2D eigenvalue weighted by atomic mass is 10.1. The number of aliphatic imine (C=N–C) groups is 2. The maximum atomic E-state index is 13.9. The number of aryl methyl sites for hydroxylation is 1. The van der Waals surface area contributed by atoms with Crippen LogP contribution >= 0.6 is 0 Å². The van der Waals surface area contributed by atoms with Crippen LogP contribution in [0.15, 0.2) is 40.3 Å². The van der Waals surface area contributed by atoms with E-state index < -0.39 is 29.5 Å². The van der Waals surface area contributed by atoms with Crippen molar-refractivity contribution in [3.05, 3.63) is 58.9 Å². The summed E-state index contributed by atoms with van der Waals surface area (Å²) in [6.07, 6.45) is 0.847. The van der Waals surface area contributed by atoms with E-state index in [0.717, 1.165) is 24.1 Å². The van der Waals surface area contributed by atoms with Crippen LogP contribution in [0.25, 0.3) is 0 Å². The number of fused-ring (bicyclic) bond motifs is 1. The molecule has 1 saturated heterocycles. The standard InChI is InChI=1S/C22H22F3N5O2/c1-4-7-32-14-6-5-12(2)17(10-14)27-20-28-22(31)29(3)21-26-11-18(30(20)21)13-8-15(23)19(25)16(24)9-13/h5-6,8-10,18H,4,7,11H2,1-3H3,(H,27,28,31). The van der Waals surface area contributed by atoms with Crippen LogP contribution in [0.2, 0.25) is 0 Å². The molecule has 1 fully saturated rings. The number of hydrogen-bond acceptors (Lipinski definition) is 4. The smallest absolute Gasteiger partial charge is 0.330 e. The number of halogens is 3. The zero-order chi connectivity index (χ0) is 23.0. The molecule has 1 atom stereocenters. The van der Waals surface area contributed by atoms with Crippen molar-refractivity contribution in [1.29, 1.82) is 0 Å². The van der Waals surface area contributed by atoms with Crippen molar-refractivity contribution in [2.75, 3.05) is 20.2 Å². The van der Waals surface area contributed by atoms with Crippen molar-refractivity contribution >= 4 is 23.6 Å². The van der Waals surface area contributed by atoms with Gasteiger partial charge in [-0.25, -0.2) is 28.0 Å². The summed E-state index contributed by atoms with van der Waals surface area (Å²) >= 11 is 0. The van der Waals surface area contributed by atoms with Crippen molar-refractivity contribution in [1.82, 2.24) is 15.1 Å². The van der Waals surface area contributed by atoms with Crippen LogP contribution in [0.5, 0.6) is 5.75 Å². The first-order valence-corrected chi connectivity index (χ1v) is 10.1. The van der Waals surface area contributed by atoms with Crippen LogP contribution in [-0.4, -0.2) is 47.9 Å². The first-order valence-electron chi connectivity index (χ1n) is 10.1. The van der Waals surface area contributed by atoms with Crippen molar-refractivity contribution in [2.45, 2.75) is 26.3 Å². The third-order valence-electron chi connectivity index (χ3n) is 5.26. The fraction of sp³-hybridized carbons (Fsp3) is 0.318. The van der Waals surface area contributed by atoms with Crippen molar-refractivity contribution in [2.24, 2.45) is 9.98 Å². The summed E-state index contributed by atoms with van der Waals surface area (Å²) in [6.45, 7) is 4.52. The highest BCUT2D eigenvalue weighted by Gasteiger charge is 2.41. The van der Waals surface area contributed by atoms with Crippen LogP contribution in [-0.2, 0) is 0 Å². The third-order valence-corrected chi connectivity index (χ3v) is 5.26. The normalized spacial score (nSPS) is 19.2. The van der Waals surface area contributed by atoms with Gasteiger partial charge in [-0.05, 0) is 42.7 Å². The number of carbonyl (C=O) groups excluding carboxylic acids is 1. The summed E-state index contributed by atoms with van der Waals surface area (Å²) < 4.78 is 47.0. The highest BCUT2D eigenvalue weighted by molar-refractivity contribution is 6.16. The van der Waals surface area contributed by atoms with E-state index in [1.165, 1.54) is 11.9 Å². The Balaban J connectivity index is 1.76. The summed E-state index contributed by atoms with van der Waals surface area (Å²) in [7, 11) is 1.52. The minimum atomic E-state index is -1.54. The molecule has 2 aliphatic rings. The zero-order valence-electron chi connectivity index (χ0n) is 17.8. The first-order chi connectivity index (χ1) is 15.3. The molecule has 2 heterocycles. The lowest BCUT2D eigenvalue weighted by Gasteiger charge is -2.36. The summed E-state index contributed by atoms with van der Waals surface area (Å²) in [4.78, 5) is 24.3. The van der Waals surface area contributed by atoms with Crippen LogP contribution < -0.4 is 10.1 Å². The average Bonchev–Trinajstić information content (AvgIpc) is 3.21. The molecule has 7 nitrogen and oxygen atoms in total. The fourth-order valence-corrected chi connectivity index (χ4v) is 3.54. The van der Waals surface area contributed by atoms with Gasteiger partial charge in [0, 0.05) is 13.1 Å². The van der Waals surface area contributed by atoms with E-state index in [0.29, 0.717) is 18.0 Å². The molecule has 10 heteroatoms. The molecule has 2 aliphatic heterocycles. The maximum Gasteiger partial charge on any atom is 0.330 e. The Morgan fingerprint density at radius 2 is 1.94 bits per heavy atom. The maximum absolute atomic E-state index is 13.9. The van der Waals surface area contributed by atoms with E-state index in [2.05, 4.69) is 15.3 Å². The molecule has 0 aliphatic carbocycles. The second-order valence-corrected chi connectivity index (χ2v) is 7.55. The summed E-state index contributed by atoms with van der Waals surface area (Å²) in [5.41, 5.74) is 1.57. The number of amides is 2. The molecule has 0 aromatic heterocycles. The van der Waals surface area contributed by atoms with Gasteiger partial charge in [0.15, 0.2) is 17.5 Å². The number of rotatable bonds is 5. The molecule has 0 saturated carbocycles. The number of urea groups is 1. The Hall–Kier alpha value is -3.56. The molecule has 1 N–H and O–H groups in total. The number of nitrogens with one attached hydrogen (secondary N) is 1. The highest BCUT2D eigenvalue weighted by Crippen LogP contribution is 2.33. The molecule has 0 bridgehead atoms. The molecule has 2 amide bonds. The quantitative estimate of drug-likeness (QED) is 0.700. The van der Waals surface area contributed by atoms with Crippen LogP contribution in [0.3, 0.4) is 0 Å². The molecule has 0 radical (unpaired) electrons. The van der Waals surface area contributed by atoms with Gasteiger partial charge < -0.3 is 4.74 Å². The van der Waals surface area contributed by atoms with Crippen LogP contribution in [0, 0.1) is 24.4 Å². The second-order valence-electron chi connectivity index (χ2n) is 7.55. The van der Waals surface area contributed by atoms with Crippen LogP contribution in [0.4, 0.5) is 23.7 Å². The Bertz CT molecular complexity index is 1110. The molecule has 2 aromatic carbocycles. The van der Waals surface area contributed by atoms with Gasteiger partial charge in [-0.2, -0.15) is 0 Å². The Labute approximate surface area is 183 Å². The van der Waals surface area contributed by atoms with Crippen molar-refractivity contribution in [3.8, 4) is 5.75 Å². The van der Waals surface area contributed by atoms with Crippen LogP contribution in [0.1, 0.15) is 30.5 Å². The largest absolute Gasteiger partial charge is 0.494 e. The molecule has 0 spiro atoms. The molecule has 168 valence electrons. The summed E-state index contributed by atoms with van der Waals surface area (Å²) in [5.74, 6) is -3.07. The Morgan fingerprint density at radius 3 is 2.62 bits per heavy atom. The van der Waals surface area contributed by atoms with E-state index >= 15 is 0 Å². The van der Waals surface area contributed by atoms with Gasteiger partial charge in [-0.3, -0.25) is 15.1 Å². The lowest BCUT2D eigenvalue weighted by molar-refractivity contribution is 0.222. The lowest BCUT2D eigenvalue weighted by Crippen LogP contribution is -2.61. The van der Waals surface area contributed by atoms with Gasteiger partial charge in [0.1, 0.15) is 5.75 Å². The Morgan fingerprint density at radius 1 is 1.22 bits per heavy atom. The summed E-state index contributed by atoms with van der Waals surface area (Å²) in [5, 5.41) is 2.70. The predicted molar refractivity (Wildman–Crippen MR) is 114 cm³/mol. The second kappa shape index (κ2) is 8.52. The Kier molecular flexibility index (Phi) is 5.77. The molecular formula is C22H22F3N5O2. The van der Waals surface area contributed by atoms with Gasteiger partial charge >= 0.3 is 6.03 Å². The molecule has 2 aromatic rings. The van der Waals surface area contributed by atoms with Gasteiger partial charge in [0.2, 0.25) is 11.9 Å². The third kappa shape index (κ3) is 3.88. The van der Waals surface area contributed by atoms with Gasteiger partial charge in [0.05, 0.1) is 24.9 Å². The van der Waals surface area contributed by atoms with Crippen molar-refractivity contribution < 1.29 is 22.7 Å². The number of ether oxygens (including phenoxy) is 1. The fourth-order valence-electron chi connectivity index (χ4n) is 3.54.